The lowest BCUT2D eigenvalue weighted by atomic mass is 9.91. The molecule has 0 radical (unpaired) electrons. The molecule has 1 saturated carbocycles. The van der Waals surface area contributed by atoms with E-state index in [1.165, 1.54) is 12.8 Å². The Balaban J connectivity index is 2.10. The van der Waals surface area contributed by atoms with Gasteiger partial charge in [-0.15, -0.1) is 0 Å². The van der Waals surface area contributed by atoms with Gasteiger partial charge in [-0.25, -0.2) is 0 Å². The Bertz CT molecular complexity index is 380. The number of carbonyl (C=O) groups excluding carboxylic acids is 2. The molecule has 20 heavy (non-hydrogen) atoms. The lowest BCUT2D eigenvalue weighted by Crippen LogP contribution is -2.57. The van der Waals surface area contributed by atoms with Crippen LogP contribution in [0.3, 0.4) is 0 Å². The molecular formula is C15H26N2O2S. The van der Waals surface area contributed by atoms with Gasteiger partial charge in [-0.1, -0.05) is 6.92 Å². The first-order valence-electron chi connectivity index (χ1n) is 7.65. The first-order valence-corrected chi connectivity index (χ1v) is 8.94. The van der Waals surface area contributed by atoms with Crippen LogP contribution in [0.4, 0.5) is 0 Å². The second kappa shape index (κ2) is 6.37. The molecule has 0 spiro atoms. The van der Waals surface area contributed by atoms with E-state index in [0.29, 0.717) is 25.4 Å². The summed E-state index contributed by atoms with van der Waals surface area (Å²) in [4.78, 5) is 26.6. The molecule has 2 aliphatic rings. The summed E-state index contributed by atoms with van der Waals surface area (Å²) in [5.41, 5.74) is -0.718. The van der Waals surface area contributed by atoms with Crippen molar-refractivity contribution < 1.29 is 9.59 Å². The summed E-state index contributed by atoms with van der Waals surface area (Å²) >= 11 is 1.93. The molecule has 0 aromatic carbocycles. The molecule has 1 aliphatic heterocycles. The van der Waals surface area contributed by atoms with Crippen LogP contribution < -0.4 is 5.32 Å². The van der Waals surface area contributed by atoms with E-state index in [2.05, 4.69) is 11.6 Å². The SMILES string of the molecule is CCC1(C)NC(=O)CCN(C2CCC(SC)CC2)C1=O. The van der Waals surface area contributed by atoms with Crippen LogP contribution >= 0.6 is 11.8 Å². The van der Waals surface area contributed by atoms with Crippen molar-refractivity contribution in [2.24, 2.45) is 0 Å². The van der Waals surface area contributed by atoms with Crippen LogP contribution in [0, 0.1) is 0 Å². The van der Waals surface area contributed by atoms with Gasteiger partial charge in [0.15, 0.2) is 0 Å². The van der Waals surface area contributed by atoms with E-state index < -0.39 is 5.54 Å². The minimum Gasteiger partial charge on any atom is -0.342 e. The number of hydrogen-bond acceptors (Lipinski definition) is 3. The fourth-order valence-electron chi connectivity index (χ4n) is 3.24. The topological polar surface area (TPSA) is 49.4 Å². The van der Waals surface area contributed by atoms with Crippen LogP contribution in [0.15, 0.2) is 0 Å². The summed E-state index contributed by atoms with van der Waals surface area (Å²) in [6.07, 6.45) is 7.76. The van der Waals surface area contributed by atoms with E-state index >= 15 is 0 Å². The third-order valence-electron chi connectivity index (χ3n) is 4.85. The number of thioether (sulfide) groups is 1. The van der Waals surface area contributed by atoms with E-state index in [9.17, 15) is 9.59 Å². The standard InChI is InChI=1S/C15H26N2O2S/c1-4-15(2)14(19)17(10-9-13(18)16-15)11-5-7-12(20-3)8-6-11/h11-12H,4-10H2,1-3H3,(H,16,18). The van der Waals surface area contributed by atoms with E-state index in [1.807, 2.05) is 30.5 Å². The van der Waals surface area contributed by atoms with Crippen LogP contribution in [0.25, 0.3) is 0 Å². The van der Waals surface area contributed by atoms with Crippen molar-refractivity contribution in [3.63, 3.8) is 0 Å². The van der Waals surface area contributed by atoms with Crippen LogP contribution in [0.5, 0.6) is 0 Å². The van der Waals surface area contributed by atoms with Crippen LogP contribution in [-0.2, 0) is 9.59 Å². The van der Waals surface area contributed by atoms with Crippen molar-refractivity contribution in [2.45, 2.75) is 69.2 Å². The maximum atomic E-state index is 12.8. The van der Waals surface area contributed by atoms with Gasteiger partial charge < -0.3 is 10.2 Å². The highest BCUT2D eigenvalue weighted by molar-refractivity contribution is 7.99. The maximum Gasteiger partial charge on any atom is 0.248 e. The van der Waals surface area contributed by atoms with Gasteiger partial charge >= 0.3 is 0 Å². The molecule has 1 atom stereocenters. The first kappa shape index (κ1) is 15.7. The zero-order valence-corrected chi connectivity index (χ0v) is 13.6. The third-order valence-corrected chi connectivity index (χ3v) is 5.99. The molecule has 1 saturated heterocycles. The Morgan fingerprint density at radius 1 is 1.30 bits per heavy atom. The van der Waals surface area contributed by atoms with E-state index in [1.54, 1.807) is 0 Å². The number of rotatable bonds is 3. The zero-order valence-electron chi connectivity index (χ0n) is 12.8. The Labute approximate surface area is 126 Å². The molecule has 1 aliphatic carbocycles. The Hall–Kier alpha value is -0.710. The molecule has 0 aromatic heterocycles. The molecule has 2 fully saturated rings. The molecule has 1 unspecified atom stereocenters. The Morgan fingerprint density at radius 2 is 1.95 bits per heavy atom. The highest BCUT2D eigenvalue weighted by Crippen LogP contribution is 2.31. The summed E-state index contributed by atoms with van der Waals surface area (Å²) < 4.78 is 0. The number of nitrogens with one attached hydrogen (secondary N) is 1. The average molecular weight is 298 g/mol. The van der Waals surface area contributed by atoms with Crippen molar-refractivity contribution in [2.75, 3.05) is 12.8 Å². The predicted molar refractivity (Wildman–Crippen MR) is 82.7 cm³/mol. The first-order chi connectivity index (χ1) is 9.50. The molecule has 2 amide bonds. The molecule has 1 N–H and O–H groups in total. The molecule has 0 aromatic rings. The van der Waals surface area contributed by atoms with Crippen molar-refractivity contribution in [1.82, 2.24) is 10.2 Å². The molecule has 0 bridgehead atoms. The van der Waals surface area contributed by atoms with Gasteiger partial charge in [0.2, 0.25) is 11.8 Å². The number of nitrogens with zero attached hydrogens (tertiary/aromatic N) is 1. The number of amides is 2. The van der Waals surface area contributed by atoms with Crippen LogP contribution in [-0.4, -0.2) is 46.3 Å². The smallest absolute Gasteiger partial charge is 0.248 e. The average Bonchev–Trinajstić information content (AvgIpc) is 2.57. The molecule has 2 rings (SSSR count). The van der Waals surface area contributed by atoms with Gasteiger partial charge in [0.05, 0.1) is 0 Å². The lowest BCUT2D eigenvalue weighted by Gasteiger charge is -2.39. The molecule has 5 heteroatoms. The predicted octanol–water partition coefficient (Wildman–Crippen LogP) is 2.18. The van der Waals surface area contributed by atoms with Crippen molar-refractivity contribution in [3.8, 4) is 0 Å². The largest absolute Gasteiger partial charge is 0.342 e. The summed E-state index contributed by atoms with van der Waals surface area (Å²) in [5, 5.41) is 3.65. The van der Waals surface area contributed by atoms with Crippen LogP contribution in [0.2, 0.25) is 0 Å². The second-order valence-corrected chi connectivity index (χ2v) is 7.29. The van der Waals surface area contributed by atoms with E-state index in [0.717, 1.165) is 18.1 Å². The monoisotopic (exact) mass is 298 g/mol. The highest BCUT2D eigenvalue weighted by Gasteiger charge is 2.42. The van der Waals surface area contributed by atoms with E-state index in [4.69, 9.17) is 0 Å². The number of hydrogen-bond donors (Lipinski definition) is 1. The highest BCUT2D eigenvalue weighted by atomic mass is 32.2. The Kier molecular flexibility index (Phi) is 4.99. The minimum absolute atomic E-state index is 0.00278. The quantitative estimate of drug-likeness (QED) is 0.869. The lowest BCUT2D eigenvalue weighted by molar-refractivity contribution is -0.140. The summed E-state index contributed by atoms with van der Waals surface area (Å²) in [6, 6.07) is 0.324. The summed E-state index contributed by atoms with van der Waals surface area (Å²) in [5.74, 6) is 0.112. The van der Waals surface area contributed by atoms with E-state index in [-0.39, 0.29) is 11.8 Å². The minimum atomic E-state index is -0.718. The van der Waals surface area contributed by atoms with Crippen LogP contribution in [0.1, 0.15) is 52.4 Å². The van der Waals surface area contributed by atoms with Gasteiger partial charge in [0.1, 0.15) is 5.54 Å². The summed E-state index contributed by atoms with van der Waals surface area (Å²) in [7, 11) is 0. The zero-order chi connectivity index (χ0) is 14.8. The maximum absolute atomic E-state index is 12.8. The van der Waals surface area contributed by atoms with Crippen molar-refractivity contribution in [3.05, 3.63) is 0 Å². The van der Waals surface area contributed by atoms with Gasteiger partial charge in [-0.05, 0) is 45.3 Å². The molecular weight excluding hydrogens is 272 g/mol. The molecule has 1 heterocycles. The fraction of sp³-hybridized carbons (Fsp3) is 0.867. The van der Waals surface area contributed by atoms with Gasteiger partial charge in [0, 0.05) is 24.3 Å². The normalized spacial score (nSPS) is 35.6. The number of carbonyl (C=O) groups is 2. The fourth-order valence-corrected chi connectivity index (χ4v) is 3.99. The third kappa shape index (κ3) is 3.13. The van der Waals surface area contributed by atoms with Crippen molar-refractivity contribution >= 4 is 23.6 Å². The van der Waals surface area contributed by atoms with Gasteiger partial charge in [0.25, 0.3) is 0 Å². The van der Waals surface area contributed by atoms with Gasteiger partial charge in [-0.3, -0.25) is 9.59 Å². The molecule has 114 valence electrons. The Morgan fingerprint density at radius 3 is 2.50 bits per heavy atom. The van der Waals surface area contributed by atoms with Crippen molar-refractivity contribution in [1.29, 1.82) is 0 Å². The second-order valence-electron chi connectivity index (χ2n) is 6.15. The molecule has 4 nitrogen and oxygen atoms in total. The van der Waals surface area contributed by atoms with Gasteiger partial charge in [-0.2, -0.15) is 11.8 Å². The summed E-state index contributed by atoms with van der Waals surface area (Å²) in [6.45, 7) is 4.40.